The smallest absolute Gasteiger partial charge is 0.236 e. The number of aromatic hydroxyl groups is 2. The first kappa shape index (κ1) is 22.7. The number of aromatic nitrogens is 3. The maximum Gasteiger partial charge on any atom is 0.236 e. The van der Waals surface area contributed by atoms with Crippen molar-refractivity contribution in [2.75, 3.05) is 10.5 Å². The van der Waals surface area contributed by atoms with Crippen molar-refractivity contribution in [3.8, 4) is 22.8 Å². The molecule has 0 radical (unpaired) electrons. The van der Waals surface area contributed by atoms with E-state index in [2.05, 4.69) is 9.71 Å². The topological polar surface area (TPSA) is 109 Å². The molecule has 0 aliphatic carbocycles. The quantitative estimate of drug-likeness (QED) is 0.321. The molecule has 0 fully saturated rings. The summed E-state index contributed by atoms with van der Waals surface area (Å²) in [6, 6.07) is 11.1. The minimum Gasteiger partial charge on any atom is -0.507 e. The third-order valence-corrected chi connectivity index (χ3v) is 7.39. The Morgan fingerprint density at radius 3 is 2.63 bits per heavy atom. The van der Waals surface area contributed by atoms with Crippen molar-refractivity contribution in [3.05, 3.63) is 72.4 Å². The molecule has 0 atom stereocenters. The number of hydrogen-bond donors (Lipinski definition) is 3. The minimum absolute atomic E-state index is 0.0866. The summed E-state index contributed by atoms with van der Waals surface area (Å²) in [6.07, 6.45) is 5.16. The summed E-state index contributed by atoms with van der Waals surface area (Å²) >= 11 is 0. The van der Waals surface area contributed by atoms with Crippen LogP contribution in [0.3, 0.4) is 0 Å². The standard InChI is InChI=1S/C25H23FN4O4S/c1-3-35(33,34)28-21-10-16(20-14-29(2)24-18(20)6-8-27-25(24)32)11-22-19(21)7-9-30(22)13-15-4-5-17(26)12-23(15)31/h4-12,14,28,31H,3,13H2,1-2H3,(H,27,32). The van der Waals surface area contributed by atoms with Crippen LogP contribution in [-0.4, -0.2) is 38.5 Å². The second kappa shape index (κ2) is 8.31. The van der Waals surface area contributed by atoms with Gasteiger partial charge in [0.2, 0.25) is 15.9 Å². The van der Waals surface area contributed by atoms with Gasteiger partial charge in [-0.05, 0) is 42.8 Å². The molecule has 0 aliphatic rings. The molecule has 0 spiro atoms. The predicted octanol–water partition coefficient (Wildman–Crippen LogP) is 4.56. The van der Waals surface area contributed by atoms with E-state index in [1.54, 1.807) is 42.9 Å². The van der Waals surface area contributed by atoms with Crippen molar-refractivity contribution in [1.82, 2.24) is 14.1 Å². The zero-order valence-electron chi connectivity index (χ0n) is 19.0. The van der Waals surface area contributed by atoms with E-state index in [4.69, 9.17) is 0 Å². The fourth-order valence-corrected chi connectivity index (χ4v) is 4.98. The number of aryl methyl sites for hydroxylation is 1. The van der Waals surface area contributed by atoms with Gasteiger partial charge in [0.15, 0.2) is 0 Å². The van der Waals surface area contributed by atoms with Gasteiger partial charge in [-0.2, -0.15) is 0 Å². The van der Waals surface area contributed by atoms with Gasteiger partial charge in [-0.3, -0.25) is 4.72 Å². The number of pyridine rings is 1. The Morgan fingerprint density at radius 1 is 1.09 bits per heavy atom. The van der Waals surface area contributed by atoms with Gasteiger partial charge in [0.05, 0.1) is 23.5 Å². The number of halogens is 1. The Balaban J connectivity index is 1.73. The van der Waals surface area contributed by atoms with Crippen molar-refractivity contribution < 1.29 is 23.0 Å². The molecule has 10 heteroatoms. The fourth-order valence-electron chi connectivity index (χ4n) is 4.33. The summed E-state index contributed by atoms with van der Waals surface area (Å²) in [5.74, 6) is -0.876. The molecule has 8 nitrogen and oxygen atoms in total. The normalized spacial score (nSPS) is 12.0. The molecule has 0 saturated heterocycles. The van der Waals surface area contributed by atoms with Gasteiger partial charge in [0, 0.05) is 53.6 Å². The van der Waals surface area contributed by atoms with Gasteiger partial charge in [0.25, 0.3) is 0 Å². The van der Waals surface area contributed by atoms with E-state index < -0.39 is 15.8 Å². The van der Waals surface area contributed by atoms with Crippen LogP contribution in [0, 0.1) is 5.82 Å². The highest BCUT2D eigenvalue weighted by molar-refractivity contribution is 7.92. The fraction of sp³-hybridized carbons (Fsp3) is 0.160. The van der Waals surface area contributed by atoms with Crippen LogP contribution in [0.1, 0.15) is 12.5 Å². The monoisotopic (exact) mass is 494 g/mol. The highest BCUT2D eigenvalue weighted by Crippen LogP contribution is 2.38. The Labute approximate surface area is 200 Å². The molecule has 0 aliphatic heterocycles. The van der Waals surface area contributed by atoms with Crippen LogP contribution in [0.25, 0.3) is 32.9 Å². The molecule has 5 aromatic rings. The summed E-state index contributed by atoms with van der Waals surface area (Å²) < 4.78 is 44.7. The number of anilines is 1. The van der Waals surface area contributed by atoms with Crippen molar-refractivity contribution in [1.29, 1.82) is 0 Å². The number of hydrogen-bond acceptors (Lipinski definition) is 5. The SMILES string of the molecule is CCS(=O)(=O)Nc1cc(-c2cn(C)c3c(O)nccc23)cc2c1ccn2Cc1ccc(F)cc1O. The molecule has 2 aromatic carbocycles. The maximum absolute atomic E-state index is 13.5. The summed E-state index contributed by atoms with van der Waals surface area (Å²) in [5.41, 5.74) is 3.73. The highest BCUT2D eigenvalue weighted by atomic mass is 32.2. The molecular weight excluding hydrogens is 471 g/mol. The van der Waals surface area contributed by atoms with Gasteiger partial charge < -0.3 is 19.3 Å². The summed E-state index contributed by atoms with van der Waals surface area (Å²) in [4.78, 5) is 3.96. The van der Waals surface area contributed by atoms with E-state index in [0.717, 1.165) is 28.1 Å². The van der Waals surface area contributed by atoms with Gasteiger partial charge in [-0.1, -0.05) is 6.07 Å². The molecule has 3 heterocycles. The number of rotatable bonds is 6. The minimum atomic E-state index is -3.56. The molecule has 3 N–H and O–H groups in total. The van der Waals surface area contributed by atoms with Gasteiger partial charge in [-0.25, -0.2) is 17.8 Å². The van der Waals surface area contributed by atoms with Crippen LogP contribution in [0.4, 0.5) is 10.1 Å². The summed E-state index contributed by atoms with van der Waals surface area (Å²) in [6.45, 7) is 1.81. The molecule has 0 unspecified atom stereocenters. The Morgan fingerprint density at radius 2 is 1.89 bits per heavy atom. The number of benzene rings is 2. The lowest BCUT2D eigenvalue weighted by molar-refractivity contribution is 0.457. The number of sulfonamides is 1. The van der Waals surface area contributed by atoms with E-state index in [9.17, 15) is 23.0 Å². The lowest BCUT2D eigenvalue weighted by Gasteiger charge is -2.13. The second-order valence-corrected chi connectivity index (χ2v) is 10.4. The zero-order valence-corrected chi connectivity index (χ0v) is 19.8. The van der Waals surface area contributed by atoms with Crippen molar-refractivity contribution in [2.24, 2.45) is 7.05 Å². The van der Waals surface area contributed by atoms with Crippen LogP contribution in [0.5, 0.6) is 11.6 Å². The zero-order chi connectivity index (χ0) is 24.9. The average molecular weight is 495 g/mol. The molecule has 3 aromatic heterocycles. The Bertz CT molecular complexity index is 1710. The van der Waals surface area contributed by atoms with Gasteiger partial charge in [-0.15, -0.1) is 0 Å². The van der Waals surface area contributed by atoms with Gasteiger partial charge in [0.1, 0.15) is 17.1 Å². The van der Waals surface area contributed by atoms with Crippen molar-refractivity contribution in [2.45, 2.75) is 13.5 Å². The van der Waals surface area contributed by atoms with E-state index in [-0.39, 0.29) is 23.9 Å². The van der Waals surface area contributed by atoms with Crippen molar-refractivity contribution in [3.63, 3.8) is 0 Å². The van der Waals surface area contributed by atoms with Crippen LogP contribution in [-0.2, 0) is 23.6 Å². The van der Waals surface area contributed by atoms with E-state index in [1.165, 1.54) is 18.3 Å². The number of fused-ring (bicyclic) bond motifs is 2. The molecule has 180 valence electrons. The Kier molecular flexibility index (Phi) is 5.40. The number of phenolic OH excluding ortho intramolecular Hbond substituents is 1. The lowest BCUT2D eigenvalue weighted by atomic mass is 10.0. The third-order valence-electron chi connectivity index (χ3n) is 6.10. The van der Waals surface area contributed by atoms with E-state index in [0.29, 0.717) is 22.2 Å². The average Bonchev–Trinajstić information content (AvgIpc) is 3.37. The molecule has 35 heavy (non-hydrogen) atoms. The maximum atomic E-state index is 13.5. The lowest BCUT2D eigenvalue weighted by Crippen LogP contribution is -2.14. The first-order valence-electron chi connectivity index (χ1n) is 10.9. The molecular formula is C25H23FN4O4S. The summed E-state index contributed by atoms with van der Waals surface area (Å²) in [7, 11) is -1.77. The molecule has 0 saturated carbocycles. The van der Waals surface area contributed by atoms with E-state index >= 15 is 0 Å². The Hall–Kier alpha value is -4.05. The number of phenols is 1. The largest absolute Gasteiger partial charge is 0.507 e. The molecule has 0 amide bonds. The van der Waals surface area contributed by atoms with Crippen molar-refractivity contribution >= 4 is 37.5 Å². The first-order valence-corrected chi connectivity index (χ1v) is 12.6. The molecule has 5 rings (SSSR count). The third kappa shape index (κ3) is 4.06. The van der Waals surface area contributed by atoms with Crippen LogP contribution >= 0.6 is 0 Å². The number of nitrogens with one attached hydrogen (secondary N) is 1. The van der Waals surface area contributed by atoms with Gasteiger partial charge >= 0.3 is 0 Å². The predicted molar refractivity (Wildman–Crippen MR) is 134 cm³/mol. The summed E-state index contributed by atoms with van der Waals surface area (Å²) in [5, 5.41) is 21.9. The first-order chi connectivity index (χ1) is 16.7. The van der Waals surface area contributed by atoms with Crippen LogP contribution in [0.2, 0.25) is 0 Å². The van der Waals surface area contributed by atoms with Crippen LogP contribution < -0.4 is 4.72 Å². The molecule has 0 bridgehead atoms. The number of nitrogens with zero attached hydrogens (tertiary/aromatic N) is 3. The second-order valence-electron chi connectivity index (χ2n) is 8.36. The van der Waals surface area contributed by atoms with Crippen LogP contribution in [0.15, 0.2) is 61.1 Å². The van der Waals surface area contributed by atoms with E-state index in [1.807, 2.05) is 16.8 Å². The highest BCUT2D eigenvalue weighted by Gasteiger charge is 2.18.